The summed E-state index contributed by atoms with van der Waals surface area (Å²) in [7, 11) is 0. The first-order chi connectivity index (χ1) is 9.88. The molecular weight excluding hydrogens is 306 g/mol. The summed E-state index contributed by atoms with van der Waals surface area (Å²) in [5.74, 6) is -0.0541. The van der Waals surface area contributed by atoms with Crippen LogP contribution in [0.1, 0.15) is 43.4 Å². The maximum atomic E-state index is 12.2. The van der Waals surface area contributed by atoms with E-state index in [1.54, 1.807) is 13.0 Å². The van der Waals surface area contributed by atoms with Crippen molar-refractivity contribution in [1.29, 1.82) is 0 Å². The van der Waals surface area contributed by atoms with E-state index in [1.165, 1.54) is 6.07 Å². The molecule has 0 radical (unpaired) electrons. The normalized spacial score (nSPS) is 21.8. The van der Waals surface area contributed by atoms with Gasteiger partial charge in [-0.15, -0.1) is 12.4 Å². The van der Waals surface area contributed by atoms with E-state index in [1.807, 2.05) is 13.0 Å². The molecule has 6 nitrogen and oxygen atoms in total. The monoisotopic (exact) mass is 327 g/mol. The van der Waals surface area contributed by atoms with Crippen LogP contribution in [0.4, 0.5) is 5.69 Å². The van der Waals surface area contributed by atoms with Crippen LogP contribution < -0.4 is 11.1 Å². The van der Waals surface area contributed by atoms with Crippen molar-refractivity contribution >= 4 is 24.0 Å². The van der Waals surface area contributed by atoms with Crippen molar-refractivity contribution in [3.05, 3.63) is 39.4 Å². The number of carbonyl (C=O) groups excluding carboxylic acids is 1. The molecule has 3 atom stereocenters. The fraction of sp³-hybridized carbons (Fsp3) is 0.533. The molecule has 0 heterocycles. The second kappa shape index (κ2) is 7.56. The zero-order chi connectivity index (χ0) is 15.6. The van der Waals surface area contributed by atoms with Gasteiger partial charge in [0.2, 0.25) is 5.91 Å². The lowest BCUT2D eigenvalue weighted by Crippen LogP contribution is -2.32. The Morgan fingerprint density at radius 1 is 1.45 bits per heavy atom. The highest BCUT2D eigenvalue weighted by atomic mass is 35.5. The van der Waals surface area contributed by atoms with E-state index in [0.717, 1.165) is 18.4 Å². The van der Waals surface area contributed by atoms with E-state index in [0.29, 0.717) is 12.0 Å². The highest BCUT2D eigenvalue weighted by Gasteiger charge is 2.28. The Balaban J connectivity index is 0.00000242. The number of hydrogen-bond donors (Lipinski definition) is 2. The van der Waals surface area contributed by atoms with Crippen molar-refractivity contribution in [3.63, 3.8) is 0 Å². The minimum absolute atomic E-state index is 0. The van der Waals surface area contributed by atoms with Crippen LogP contribution in [0.3, 0.4) is 0 Å². The summed E-state index contributed by atoms with van der Waals surface area (Å²) in [4.78, 5) is 22.7. The molecule has 122 valence electrons. The molecule has 7 heteroatoms. The van der Waals surface area contributed by atoms with Gasteiger partial charge in [0.1, 0.15) is 0 Å². The Hall–Kier alpha value is -1.66. The molecule has 0 aromatic heterocycles. The summed E-state index contributed by atoms with van der Waals surface area (Å²) in [6.45, 7) is 3.53. The number of aryl methyl sites for hydroxylation is 1. The standard InChI is InChI=1S/C15H21N3O3.ClH/c1-9-3-4-11(8-14(9)18(20)21)10(2)17-15(19)12-5-6-13(16)7-12;/h3-4,8,10,12-13H,5-7,16H2,1-2H3,(H,17,19);1H. The zero-order valence-corrected chi connectivity index (χ0v) is 13.6. The number of carbonyl (C=O) groups is 1. The van der Waals surface area contributed by atoms with Gasteiger partial charge in [-0.2, -0.15) is 0 Å². The van der Waals surface area contributed by atoms with E-state index in [4.69, 9.17) is 5.73 Å². The number of amides is 1. The number of nitro benzene ring substituents is 1. The Morgan fingerprint density at radius 2 is 2.14 bits per heavy atom. The summed E-state index contributed by atoms with van der Waals surface area (Å²) in [5.41, 5.74) is 7.25. The van der Waals surface area contributed by atoms with Crippen LogP contribution in [0, 0.1) is 23.0 Å². The van der Waals surface area contributed by atoms with Crippen molar-refractivity contribution in [1.82, 2.24) is 5.32 Å². The van der Waals surface area contributed by atoms with E-state index in [-0.39, 0.29) is 42.0 Å². The maximum Gasteiger partial charge on any atom is 0.272 e. The van der Waals surface area contributed by atoms with E-state index < -0.39 is 4.92 Å². The Bertz CT molecular complexity index is 565. The Kier molecular flexibility index (Phi) is 6.32. The number of nitrogens with two attached hydrogens (primary N) is 1. The molecule has 1 aromatic rings. The van der Waals surface area contributed by atoms with Gasteiger partial charge in [0.05, 0.1) is 11.0 Å². The minimum Gasteiger partial charge on any atom is -0.349 e. The van der Waals surface area contributed by atoms with Gasteiger partial charge in [0.25, 0.3) is 5.69 Å². The second-order valence-electron chi connectivity index (χ2n) is 5.80. The number of halogens is 1. The lowest BCUT2D eigenvalue weighted by Gasteiger charge is -2.17. The molecule has 0 spiro atoms. The number of hydrogen-bond acceptors (Lipinski definition) is 4. The van der Waals surface area contributed by atoms with E-state index in [9.17, 15) is 14.9 Å². The Labute approximate surface area is 136 Å². The molecule has 2 rings (SSSR count). The molecule has 1 amide bonds. The van der Waals surface area contributed by atoms with Gasteiger partial charge >= 0.3 is 0 Å². The van der Waals surface area contributed by atoms with Crippen LogP contribution in [0.5, 0.6) is 0 Å². The maximum absolute atomic E-state index is 12.2. The van der Waals surface area contributed by atoms with Gasteiger partial charge in [0, 0.05) is 23.6 Å². The fourth-order valence-corrected chi connectivity index (χ4v) is 2.76. The third-order valence-electron chi connectivity index (χ3n) is 4.13. The first-order valence-corrected chi connectivity index (χ1v) is 7.19. The van der Waals surface area contributed by atoms with Gasteiger partial charge in [-0.3, -0.25) is 14.9 Å². The number of benzene rings is 1. The van der Waals surface area contributed by atoms with E-state index in [2.05, 4.69) is 5.32 Å². The third-order valence-corrected chi connectivity index (χ3v) is 4.13. The SMILES string of the molecule is Cc1ccc(C(C)NC(=O)C2CCC(N)C2)cc1[N+](=O)[O-].Cl. The van der Waals surface area contributed by atoms with Gasteiger partial charge in [0.15, 0.2) is 0 Å². The summed E-state index contributed by atoms with van der Waals surface area (Å²) in [6.07, 6.45) is 2.41. The number of nitro groups is 1. The third kappa shape index (κ3) is 4.18. The molecule has 1 saturated carbocycles. The summed E-state index contributed by atoms with van der Waals surface area (Å²) in [6, 6.07) is 4.90. The van der Waals surface area contributed by atoms with E-state index >= 15 is 0 Å². The molecule has 22 heavy (non-hydrogen) atoms. The molecule has 0 bridgehead atoms. The van der Waals surface area contributed by atoms with Crippen LogP contribution >= 0.6 is 12.4 Å². The molecule has 1 fully saturated rings. The summed E-state index contributed by atoms with van der Waals surface area (Å²) < 4.78 is 0. The highest BCUT2D eigenvalue weighted by Crippen LogP contribution is 2.26. The zero-order valence-electron chi connectivity index (χ0n) is 12.7. The number of nitrogens with zero attached hydrogens (tertiary/aromatic N) is 1. The second-order valence-corrected chi connectivity index (χ2v) is 5.80. The predicted octanol–water partition coefficient (Wildman–Crippen LogP) is 2.63. The molecule has 0 saturated heterocycles. The molecule has 1 aromatic carbocycles. The van der Waals surface area contributed by atoms with Crippen molar-refractivity contribution < 1.29 is 9.72 Å². The highest BCUT2D eigenvalue weighted by molar-refractivity contribution is 5.85. The topological polar surface area (TPSA) is 98.3 Å². The Morgan fingerprint density at radius 3 is 2.68 bits per heavy atom. The van der Waals surface area contributed by atoms with Crippen molar-refractivity contribution in [2.45, 2.75) is 45.2 Å². The number of nitrogens with one attached hydrogen (secondary N) is 1. The van der Waals surface area contributed by atoms with Gasteiger partial charge in [-0.05, 0) is 38.7 Å². The molecule has 1 aliphatic rings. The lowest BCUT2D eigenvalue weighted by atomic mass is 10.0. The quantitative estimate of drug-likeness (QED) is 0.656. The molecule has 0 aliphatic heterocycles. The average Bonchev–Trinajstić information content (AvgIpc) is 2.85. The molecule has 3 N–H and O–H groups in total. The van der Waals surface area contributed by atoms with Gasteiger partial charge < -0.3 is 11.1 Å². The summed E-state index contributed by atoms with van der Waals surface area (Å²) in [5, 5.41) is 13.9. The van der Waals surface area contributed by atoms with Crippen LogP contribution in [0.2, 0.25) is 0 Å². The first-order valence-electron chi connectivity index (χ1n) is 7.19. The fourth-order valence-electron chi connectivity index (χ4n) is 2.76. The first kappa shape index (κ1) is 18.4. The number of rotatable bonds is 4. The predicted molar refractivity (Wildman–Crippen MR) is 87.0 cm³/mol. The lowest BCUT2D eigenvalue weighted by molar-refractivity contribution is -0.385. The van der Waals surface area contributed by atoms with Gasteiger partial charge in [-0.1, -0.05) is 12.1 Å². The average molecular weight is 328 g/mol. The van der Waals surface area contributed by atoms with Crippen molar-refractivity contribution in [2.24, 2.45) is 11.7 Å². The van der Waals surface area contributed by atoms with Crippen LogP contribution in [-0.2, 0) is 4.79 Å². The molecule has 1 aliphatic carbocycles. The largest absolute Gasteiger partial charge is 0.349 e. The summed E-state index contributed by atoms with van der Waals surface area (Å²) >= 11 is 0. The van der Waals surface area contributed by atoms with Crippen molar-refractivity contribution in [3.8, 4) is 0 Å². The van der Waals surface area contributed by atoms with Crippen molar-refractivity contribution in [2.75, 3.05) is 0 Å². The van der Waals surface area contributed by atoms with Crippen LogP contribution in [0.25, 0.3) is 0 Å². The van der Waals surface area contributed by atoms with Crippen LogP contribution in [-0.4, -0.2) is 16.9 Å². The minimum atomic E-state index is -0.399. The van der Waals surface area contributed by atoms with Crippen LogP contribution in [0.15, 0.2) is 18.2 Å². The smallest absolute Gasteiger partial charge is 0.272 e. The van der Waals surface area contributed by atoms with Gasteiger partial charge in [-0.25, -0.2) is 0 Å². The molecule has 3 unspecified atom stereocenters. The molecular formula is C15H22ClN3O3.